The van der Waals surface area contributed by atoms with Crippen molar-refractivity contribution in [3.05, 3.63) is 26.9 Å². The number of fused-ring (bicyclic) bond motifs is 1. The lowest BCUT2D eigenvalue weighted by molar-refractivity contribution is 0.174. The number of benzene rings is 1. The van der Waals surface area contributed by atoms with E-state index in [-0.39, 0.29) is 6.79 Å². The van der Waals surface area contributed by atoms with Gasteiger partial charge in [0.05, 0.1) is 8.59 Å². The van der Waals surface area contributed by atoms with Crippen LogP contribution < -0.4 is 14.8 Å². The van der Waals surface area contributed by atoms with E-state index in [9.17, 15) is 0 Å². The maximum Gasteiger partial charge on any atom is 0.231 e. The summed E-state index contributed by atoms with van der Waals surface area (Å²) < 4.78 is 11.7. The average molecular weight is 418 g/mol. The van der Waals surface area contributed by atoms with Crippen molar-refractivity contribution in [2.24, 2.45) is 0 Å². The summed E-state index contributed by atoms with van der Waals surface area (Å²) in [5.74, 6) is 2.64. The molecule has 21 heavy (non-hydrogen) atoms. The molecule has 0 amide bonds. The second-order valence-electron chi connectivity index (χ2n) is 4.51. The van der Waals surface area contributed by atoms with E-state index in [1.54, 1.807) is 12.3 Å². The molecule has 2 heterocycles. The van der Waals surface area contributed by atoms with Crippen molar-refractivity contribution >= 4 is 40.0 Å². The summed E-state index contributed by atoms with van der Waals surface area (Å²) >= 11 is 8.42. The van der Waals surface area contributed by atoms with E-state index in [1.165, 1.54) is 0 Å². The third-order valence-corrected chi connectivity index (χ3v) is 4.04. The first kappa shape index (κ1) is 14.6. The maximum atomic E-state index is 6.20. The van der Waals surface area contributed by atoms with Crippen LogP contribution in [0.1, 0.15) is 13.3 Å². The lowest BCUT2D eigenvalue weighted by Gasteiger charge is -2.09. The number of nitrogens with zero attached hydrogens (tertiary/aromatic N) is 2. The highest BCUT2D eigenvalue weighted by Gasteiger charge is 2.20. The van der Waals surface area contributed by atoms with Gasteiger partial charge in [-0.05, 0) is 41.1 Å². The van der Waals surface area contributed by atoms with Crippen molar-refractivity contribution in [2.45, 2.75) is 13.3 Å². The minimum Gasteiger partial charge on any atom is -0.454 e. The Kier molecular flexibility index (Phi) is 4.34. The van der Waals surface area contributed by atoms with E-state index < -0.39 is 0 Å². The molecule has 1 aromatic heterocycles. The van der Waals surface area contributed by atoms with Crippen molar-refractivity contribution < 1.29 is 9.47 Å². The fraction of sp³-hybridized carbons (Fsp3) is 0.286. The topological polar surface area (TPSA) is 56.3 Å². The molecule has 7 heteroatoms. The van der Waals surface area contributed by atoms with Crippen LogP contribution in [0.4, 0.5) is 5.82 Å². The molecule has 2 aromatic rings. The zero-order valence-electron chi connectivity index (χ0n) is 11.3. The fourth-order valence-electron chi connectivity index (χ4n) is 1.97. The minimum atomic E-state index is 0.190. The predicted molar refractivity (Wildman–Crippen MR) is 90.1 cm³/mol. The third-order valence-electron chi connectivity index (χ3n) is 2.97. The first-order valence-corrected chi connectivity index (χ1v) is 8.00. The molecule has 5 nitrogen and oxygen atoms in total. The lowest BCUT2D eigenvalue weighted by atomic mass is 10.2. The minimum absolute atomic E-state index is 0.190. The second kappa shape index (κ2) is 6.23. The van der Waals surface area contributed by atoms with Crippen LogP contribution in [0.5, 0.6) is 11.5 Å². The summed E-state index contributed by atoms with van der Waals surface area (Å²) in [6.07, 6.45) is 2.82. The number of aromatic nitrogens is 2. The maximum absolute atomic E-state index is 6.20. The van der Waals surface area contributed by atoms with Crippen LogP contribution in [0, 0.1) is 3.57 Å². The third kappa shape index (κ3) is 3.01. The van der Waals surface area contributed by atoms with Gasteiger partial charge in [0, 0.05) is 18.3 Å². The van der Waals surface area contributed by atoms with Gasteiger partial charge in [-0.15, -0.1) is 0 Å². The Morgan fingerprint density at radius 2 is 2.24 bits per heavy atom. The van der Waals surface area contributed by atoms with Crippen molar-refractivity contribution in [2.75, 3.05) is 18.7 Å². The van der Waals surface area contributed by atoms with E-state index in [2.05, 4.69) is 44.8 Å². The monoisotopic (exact) mass is 417 g/mol. The predicted octanol–water partition coefficient (Wildman–Crippen LogP) is 3.95. The smallest absolute Gasteiger partial charge is 0.231 e. The molecule has 0 atom stereocenters. The highest BCUT2D eigenvalue weighted by atomic mass is 127. The van der Waals surface area contributed by atoms with Gasteiger partial charge in [-0.3, -0.25) is 0 Å². The number of nitrogens with one attached hydrogen (secondary N) is 1. The molecule has 1 aromatic carbocycles. The van der Waals surface area contributed by atoms with Crippen LogP contribution >= 0.6 is 34.2 Å². The van der Waals surface area contributed by atoms with E-state index >= 15 is 0 Å². The molecular weight excluding hydrogens is 405 g/mol. The van der Waals surface area contributed by atoms with Gasteiger partial charge in [0.2, 0.25) is 6.79 Å². The van der Waals surface area contributed by atoms with Gasteiger partial charge in [0.1, 0.15) is 5.82 Å². The van der Waals surface area contributed by atoms with Crippen molar-refractivity contribution in [3.8, 4) is 22.9 Å². The Bertz CT molecular complexity index is 682. The molecule has 110 valence electrons. The number of hydrogen-bond acceptors (Lipinski definition) is 5. The van der Waals surface area contributed by atoms with Crippen molar-refractivity contribution in [1.82, 2.24) is 9.97 Å². The Labute approximate surface area is 141 Å². The van der Waals surface area contributed by atoms with Gasteiger partial charge in [-0.2, -0.15) is 0 Å². The zero-order valence-corrected chi connectivity index (χ0v) is 14.2. The average Bonchev–Trinajstić information content (AvgIpc) is 2.95. The molecule has 0 spiro atoms. The van der Waals surface area contributed by atoms with E-state index in [0.29, 0.717) is 22.3 Å². The highest BCUT2D eigenvalue weighted by molar-refractivity contribution is 14.1. The summed E-state index contributed by atoms with van der Waals surface area (Å²) in [5.41, 5.74) is 0.806. The molecule has 0 saturated carbocycles. The van der Waals surface area contributed by atoms with Gasteiger partial charge >= 0.3 is 0 Å². The molecule has 0 saturated heterocycles. The quantitative estimate of drug-likeness (QED) is 0.764. The van der Waals surface area contributed by atoms with Crippen LogP contribution in [0.25, 0.3) is 11.4 Å². The Balaban J connectivity index is 1.99. The molecule has 0 radical (unpaired) electrons. The number of halogens is 2. The first-order chi connectivity index (χ1) is 10.2. The summed E-state index contributed by atoms with van der Waals surface area (Å²) in [7, 11) is 0. The molecule has 0 bridgehead atoms. The molecule has 0 unspecified atom stereocenters. The second-order valence-corrected chi connectivity index (χ2v) is 6.08. The molecule has 1 aliphatic rings. The number of hydrogen-bond donors (Lipinski definition) is 1. The SMILES string of the molecule is CCCNc1nc(-c2cc(Cl)c3c(c2)OCO3)ncc1I. The van der Waals surface area contributed by atoms with Crippen LogP contribution in [0.15, 0.2) is 18.3 Å². The van der Waals surface area contributed by atoms with Crippen LogP contribution in [-0.2, 0) is 0 Å². The molecule has 0 aliphatic carbocycles. The summed E-state index contributed by atoms with van der Waals surface area (Å²) in [6, 6.07) is 3.64. The molecular formula is C14H13ClIN3O2. The van der Waals surface area contributed by atoms with Crippen molar-refractivity contribution in [3.63, 3.8) is 0 Å². The Morgan fingerprint density at radius 3 is 3.05 bits per heavy atom. The lowest BCUT2D eigenvalue weighted by Crippen LogP contribution is -2.05. The van der Waals surface area contributed by atoms with Gasteiger partial charge < -0.3 is 14.8 Å². The first-order valence-electron chi connectivity index (χ1n) is 6.55. The summed E-state index contributed by atoms with van der Waals surface area (Å²) in [4.78, 5) is 8.93. The van der Waals surface area contributed by atoms with Gasteiger partial charge in [-0.1, -0.05) is 18.5 Å². The van der Waals surface area contributed by atoms with Crippen LogP contribution in [-0.4, -0.2) is 23.3 Å². The van der Waals surface area contributed by atoms with Crippen LogP contribution in [0.2, 0.25) is 5.02 Å². The van der Waals surface area contributed by atoms with Crippen LogP contribution in [0.3, 0.4) is 0 Å². The van der Waals surface area contributed by atoms with E-state index in [0.717, 1.165) is 27.9 Å². The molecule has 1 aliphatic heterocycles. The van der Waals surface area contributed by atoms with Crippen molar-refractivity contribution in [1.29, 1.82) is 0 Å². The normalized spacial score (nSPS) is 12.5. The number of rotatable bonds is 4. The highest BCUT2D eigenvalue weighted by Crippen LogP contribution is 2.41. The molecule has 0 fully saturated rings. The number of ether oxygens (including phenoxy) is 2. The zero-order chi connectivity index (χ0) is 14.8. The Morgan fingerprint density at radius 1 is 1.38 bits per heavy atom. The largest absolute Gasteiger partial charge is 0.454 e. The van der Waals surface area contributed by atoms with Gasteiger partial charge in [0.25, 0.3) is 0 Å². The standard InChI is InChI=1S/C14H13ClIN3O2/c1-2-3-17-14-10(16)6-18-13(19-14)8-4-9(15)12-11(5-8)20-7-21-12/h4-6H,2-3,7H2,1H3,(H,17,18,19). The molecule has 3 rings (SSSR count). The summed E-state index contributed by atoms with van der Waals surface area (Å²) in [5, 5.41) is 3.80. The fourth-order valence-corrected chi connectivity index (χ4v) is 2.69. The van der Waals surface area contributed by atoms with Gasteiger partial charge in [-0.25, -0.2) is 9.97 Å². The Hall–Kier alpha value is -1.28. The van der Waals surface area contributed by atoms with E-state index in [4.69, 9.17) is 21.1 Å². The van der Waals surface area contributed by atoms with E-state index in [1.807, 2.05) is 6.07 Å². The molecule has 1 N–H and O–H groups in total. The summed E-state index contributed by atoms with van der Waals surface area (Å²) in [6.45, 7) is 3.17. The van der Waals surface area contributed by atoms with Gasteiger partial charge in [0.15, 0.2) is 17.3 Å². The number of anilines is 1.